The predicted molar refractivity (Wildman–Crippen MR) is 188 cm³/mol. The standard InChI is InChI=1S/C35H48ClN3O9S/c1-19-10-9-11-26(45-8)35(44)18-25(46-33(43)37-35)21(3)31-34(5,48-31)27(47-32(42)22(4)38(6)28(40)12-13-49)17-29(41)39(7)24-16-23(14-19)15-20(2)30(24)36/h9-11,15-16,21-22,25-27,31,44,49H,12-14,17-18H2,1-8H3,(H,37,43)/b11-9+,19-10+/t21-,22-,25-,26+,27-,31+,34-,35-/m0/s1. The van der Waals surface area contributed by atoms with E-state index in [1.165, 1.54) is 24.0 Å². The molecule has 3 aliphatic rings. The first-order valence-corrected chi connectivity index (χ1v) is 17.3. The van der Waals surface area contributed by atoms with Gasteiger partial charge in [0.1, 0.15) is 30.0 Å². The van der Waals surface area contributed by atoms with E-state index in [0.29, 0.717) is 22.9 Å². The van der Waals surface area contributed by atoms with Crippen LogP contribution >= 0.6 is 24.2 Å². The Balaban J connectivity index is 1.76. The number of aliphatic hydroxyl groups is 1. The van der Waals surface area contributed by atoms with E-state index in [1.807, 2.05) is 32.1 Å². The second kappa shape index (κ2) is 15.4. The third-order valence-electron chi connectivity index (χ3n) is 9.85. The summed E-state index contributed by atoms with van der Waals surface area (Å²) in [4.78, 5) is 55.6. The maximum atomic E-state index is 14.0. The highest BCUT2D eigenvalue weighted by atomic mass is 35.5. The summed E-state index contributed by atoms with van der Waals surface area (Å²) >= 11 is 10.9. The summed E-state index contributed by atoms with van der Waals surface area (Å²) in [7, 11) is 4.56. The van der Waals surface area contributed by atoms with E-state index in [-0.39, 0.29) is 31.1 Å². The Kier molecular flexibility index (Phi) is 12.2. The van der Waals surface area contributed by atoms with Crippen LogP contribution in [0.4, 0.5) is 10.5 Å². The number of anilines is 1. The van der Waals surface area contributed by atoms with E-state index in [0.717, 1.165) is 16.7 Å². The molecule has 0 aromatic heterocycles. The summed E-state index contributed by atoms with van der Waals surface area (Å²) in [6, 6.07) is 2.85. The maximum absolute atomic E-state index is 14.0. The van der Waals surface area contributed by atoms with Crippen LogP contribution in [-0.2, 0) is 39.8 Å². The zero-order valence-electron chi connectivity index (χ0n) is 29.3. The molecule has 0 saturated carbocycles. The van der Waals surface area contributed by atoms with E-state index in [2.05, 4.69) is 17.9 Å². The SMILES string of the molecule is CO[C@@H]1/C=C/C=C(\C)Cc2cc(C)c(Cl)c(c2)N(C)C(=O)C[C@H](OC(=O)[C@H](C)N(C)C(=O)CCS)[C@]2(C)O[C@@H]2[C@@H](C)[C@@H]2C[C@@]1(O)NC(=O)O2. The highest BCUT2D eigenvalue weighted by Crippen LogP contribution is 2.49. The number of epoxide rings is 1. The van der Waals surface area contributed by atoms with Crippen LogP contribution in [0, 0.1) is 12.8 Å². The molecule has 0 aliphatic carbocycles. The number of rotatable bonds is 6. The van der Waals surface area contributed by atoms with E-state index in [1.54, 1.807) is 40.0 Å². The minimum Gasteiger partial charge on any atom is -0.457 e. The Hall–Kier alpha value is -3.10. The minimum absolute atomic E-state index is 0.0355. The molecule has 270 valence electrons. The van der Waals surface area contributed by atoms with Gasteiger partial charge in [0.15, 0.2) is 5.72 Å². The monoisotopic (exact) mass is 721 g/mol. The van der Waals surface area contributed by atoms with Gasteiger partial charge in [0.2, 0.25) is 11.8 Å². The van der Waals surface area contributed by atoms with Crippen molar-refractivity contribution in [3.8, 4) is 0 Å². The molecule has 2 fully saturated rings. The Labute approximate surface area is 298 Å². The molecule has 0 spiro atoms. The van der Waals surface area contributed by atoms with Gasteiger partial charge in [-0.05, 0) is 57.1 Å². The van der Waals surface area contributed by atoms with Gasteiger partial charge in [0, 0.05) is 40.0 Å². The molecule has 2 saturated heterocycles. The number of halogens is 1. The first-order valence-electron chi connectivity index (χ1n) is 16.3. The topological polar surface area (TPSA) is 147 Å². The second-order valence-corrected chi connectivity index (χ2v) is 14.3. The third-order valence-corrected chi connectivity index (χ3v) is 10.6. The molecule has 1 aromatic carbocycles. The Morgan fingerprint density at radius 2 is 1.98 bits per heavy atom. The van der Waals surface area contributed by atoms with Crippen LogP contribution in [-0.4, -0.2) is 103 Å². The van der Waals surface area contributed by atoms with Crippen molar-refractivity contribution in [1.29, 1.82) is 0 Å². The number of alkyl carbamates (subject to hydrolysis) is 1. The fraction of sp³-hybridized carbons (Fsp3) is 0.600. The normalized spacial score (nSPS) is 32.8. The molecular weight excluding hydrogens is 674 g/mol. The predicted octanol–water partition coefficient (Wildman–Crippen LogP) is 4.13. The van der Waals surface area contributed by atoms with Crippen LogP contribution in [0.25, 0.3) is 0 Å². The highest BCUT2D eigenvalue weighted by Gasteiger charge is 2.64. The van der Waals surface area contributed by atoms with Crippen LogP contribution in [0.15, 0.2) is 35.9 Å². The number of fused-ring (bicyclic) bond motifs is 5. The van der Waals surface area contributed by atoms with Crippen molar-refractivity contribution in [3.05, 3.63) is 52.1 Å². The fourth-order valence-corrected chi connectivity index (χ4v) is 6.95. The second-order valence-electron chi connectivity index (χ2n) is 13.5. The van der Waals surface area contributed by atoms with Crippen molar-refractivity contribution in [2.24, 2.45) is 5.92 Å². The zero-order chi connectivity index (χ0) is 36.4. The largest absolute Gasteiger partial charge is 0.457 e. The molecule has 4 rings (SSSR count). The van der Waals surface area contributed by atoms with E-state index in [9.17, 15) is 24.3 Å². The van der Waals surface area contributed by atoms with Crippen molar-refractivity contribution in [1.82, 2.24) is 10.2 Å². The van der Waals surface area contributed by atoms with Crippen LogP contribution in [0.2, 0.25) is 5.02 Å². The number of carbonyl (C=O) groups excluding carboxylic acids is 4. The first-order chi connectivity index (χ1) is 22.9. The number of thiol groups is 1. The van der Waals surface area contributed by atoms with Gasteiger partial charge in [-0.25, -0.2) is 9.59 Å². The lowest BCUT2D eigenvalue weighted by Crippen LogP contribution is -2.63. The molecule has 1 aromatic rings. The van der Waals surface area contributed by atoms with Gasteiger partial charge in [-0.2, -0.15) is 12.6 Å². The molecule has 3 aliphatic heterocycles. The molecule has 0 radical (unpaired) electrons. The van der Waals surface area contributed by atoms with Gasteiger partial charge in [0.25, 0.3) is 0 Å². The van der Waals surface area contributed by atoms with Crippen molar-refractivity contribution < 1.29 is 43.2 Å². The van der Waals surface area contributed by atoms with Crippen LogP contribution < -0.4 is 10.2 Å². The lowest BCUT2D eigenvalue weighted by atomic mass is 9.83. The average molecular weight is 722 g/mol. The minimum atomic E-state index is -1.80. The number of aryl methyl sites for hydroxylation is 1. The van der Waals surface area contributed by atoms with Crippen molar-refractivity contribution in [2.75, 3.05) is 31.9 Å². The molecule has 14 heteroatoms. The third kappa shape index (κ3) is 8.45. The van der Waals surface area contributed by atoms with Crippen molar-refractivity contribution in [3.63, 3.8) is 0 Å². The summed E-state index contributed by atoms with van der Waals surface area (Å²) < 4.78 is 23.5. The first kappa shape index (κ1) is 38.7. The fourth-order valence-electron chi connectivity index (χ4n) is 6.53. The van der Waals surface area contributed by atoms with Crippen molar-refractivity contribution in [2.45, 2.75) is 102 Å². The van der Waals surface area contributed by atoms with Gasteiger partial charge < -0.3 is 33.9 Å². The molecular formula is C35H48ClN3O9S. The number of benzene rings is 1. The van der Waals surface area contributed by atoms with Gasteiger partial charge in [-0.3, -0.25) is 14.9 Å². The summed E-state index contributed by atoms with van der Waals surface area (Å²) in [5.74, 6) is -1.57. The van der Waals surface area contributed by atoms with Crippen molar-refractivity contribution >= 4 is 53.8 Å². The number of hydrogen-bond donors (Lipinski definition) is 3. The number of esters is 1. The molecule has 3 heterocycles. The van der Waals surface area contributed by atoms with E-state index < -0.39 is 59.8 Å². The number of nitrogens with zero attached hydrogens (tertiary/aromatic N) is 2. The molecule has 2 N–H and O–H groups in total. The molecule has 12 nitrogen and oxygen atoms in total. The number of allylic oxidation sites excluding steroid dienone is 3. The lowest BCUT2D eigenvalue weighted by molar-refractivity contribution is -0.161. The summed E-state index contributed by atoms with van der Waals surface area (Å²) in [6.07, 6.45) is 1.39. The molecule has 3 amide bonds. The number of carbonyl (C=O) groups is 4. The number of methoxy groups -OCH3 is 1. The Bertz CT molecular complexity index is 1520. The Morgan fingerprint density at radius 3 is 2.63 bits per heavy atom. The molecule has 8 atom stereocenters. The Morgan fingerprint density at radius 1 is 1.29 bits per heavy atom. The molecule has 4 bridgehead atoms. The van der Waals surface area contributed by atoms with Gasteiger partial charge in [-0.1, -0.05) is 48.4 Å². The number of nitrogens with one attached hydrogen (secondary N) is 1. The molecule has 0 unspecified atom stereocenters. The summed E-state index contributed by atoms with van der Waals surface area (Å²) in [6.45, 7) is 8.89. The lowest BCUT2D eigenvalue weighted by Gasteiger charge is -2.42. The summed E-state index contributed by atoms with van der Waals surface area (Å²) in [5.41, 5.74) is 0.185. The van der Waals surface area contributed by atoms with Crippen LogP contribution in [0.1, 0.15) is 58.1 Å². The number of amides is 3. The van der Waals surface area contributed by atoms with E-state index in [4.69, 9.17) is 30.5 Å². The maximum Gasteiger partial charge on any atom is 0.409 e. The number of hydrogen-bond acceptors (Lipinski definition) is 10. The van der Waals surface area contributed by atoms with Crippen LogP contribution in [0.3, 0.4) is 0 Å². The quantitative estimate of drug-likeness (QED) is 0.224. The highest BCUT2D eigenvalue weighted by molar-refractivity contribution is 7.80. The molecule has 49 heavy (non-hydrogen) atoms. The van der Waals surface area contributed by atoms with Crippen LogP contribution in [0.5, 0.6) is 0 Å². The smallest absolute Gasteiger partial charge is 0.409 e. The number of ether oxygens (including phenoxy) is 4. The number of likely N-dealkylation sites (N-methyl/N-ethyl adjacent to an activating group) is 1. The van der Waals surface area contributed by atoms with Gasteiger partial charge in [0.05, 0.1) is 23.2 Å². The van der Waals surface area contributed by atoms with Gasteiger partial charge >= 0.3 is 12.1 Å². The average Bonchev–Trinajstić information content (AvgIpc) is 3.74. The van der Waals surface area contributed by atoms with E-state index >= 15 is 0 Å². The summed E-state index contributed by atoms with van der Waals surface area (Å²) in [5, 5.41) is 14.6. The zero-order valence-corrected chi connectivity index (χ0v) is 31.0. The van der Waals surface area contributed by atoms with Gasteiger partial charge in [-0.15, -0.1) is 0 Å².